The first kappa shape index (κ1) is 24.0. The van der Waals surface area contributed by atoms with Crippen molar-refractivity contribution in [2.75, 3.05) is 0 Å². The number of ether oxygens (including phenoxy) is 1. The van der Waals surface area contributed by atoms with E-state index >= 15 is 0 Å². The summed E-state index contributed by atoms with van der Waals surface area (Å²) in [5.41, 5.74) is 3.37. The van der Waals surface area contributed by atoms with E-state index in [0.29, 0.717) is 40.5 Å². The second-order valence-electron chi connectivity index (χ2n) is 10.1. The molecule has 0 radical (unpaired) electrons. The molecule has 2 aromatic heterocycles. The average Bonchev–Trinajstić information content (AvgIpc) is 3.24. The molecule has 192 valence electrons. The number of benzene rings is 1. The minimum atomic E-state index is -3.71. The molecule has 0 saturated carbocycles. The molecule has 3 aliphatic rings. The summed E-state index contributed by atoms with van der Waals surface area (Å²) in [6, 6.07) is 2.73. The van der Waals surface area contributed by atoms with Gasteiger partial charge < -0.3 is 24.5 Å². The summed E-state index contributed by atoms with van der Waals surface area (Å²) in [6.45, 7) is 4.77. The molecule has 4 heterocycles. The fraction of sp³-hybridized carbons (Fsp3) is 0.385. The third-order valence-electron chi connectivity index (χ3n) is 8.07. The Balaban J connectivity index is 1.65. The molecule has 0 unspecified atom stereocenters. The molecule has 1 amide bonds. The van der Waals surface area contributed by atoms with Crippen LogP contribution in [-0.2, 0) is 29.1 Å². The summed E-state index contributed by atoms with van der Waals surface area (Å²) in [5, 5.41) is 13.8. The maximum atomic E-state index is 14.9. The maximum absolute atomic E-state index is 14.9. The molecular weight excluding hydrogens is 497 g/mol. The molecule has 2 aliphatic heterocycles. The summed E-state index contributed by atoms with van der Waals surface area (Å²) >= 11 is 0. The van der Waals surface area contributed by atoms with Crippen molar-refractivity contribution in [2.24, 2.45) is 0 Å². The van der Waals surface area contributed by atoms with Crippen LogP contribution in [0.3, 0.4) is 0 Å². The van der Waals surface area contributed by atoms with Crippen LogP contribution in [0.2, 0.25) is 6.04 Å². The zero-order chi connectivity index (χ0) is 26.4. The van der Waals surface area contributed by atoms with Gasteiger partial charge in [-0.25, -0.2) is 9.37 Å². The van der Waals surface area contributed by atoms with Gasteiger partial charge in [-0.1, -0.05) is 6.92 Å². The number of carbonyl (C=O) groups excluding carboxylic acids is 2. The van der Waals surface area contributed by atoms with Gasteiger partial charge in [-0.2, -0.15) is 0 Å². The number of amides is 1. The Morgan fingerprint density at radius 1 is 1.32 bits per heavy atom. The van der Waals surface area contributed by atoms with Crippen molar-refractivity contribution in [3.63, 3.8) is 0 Å². The molecule has 0 bridgehead atoms. The van der Waals surface area contributed by atoms with Crippen LogP contribution in [0, 0.1) is 12.7 Å². The fourth-order valence-electron chi connectivity index (χ4n) is 5.99. The Morgan fingerprint density at radius 3 is 2.78 bits per heavy atom. The topological polar surface area (TPSA) is 131 Å². The number of nitrogens with zero attached hydrogens (tertiary/aromatic N) is 2. The minimum absolute atomic E-state index is 0.159. The Bertz CT molecular complexity index is 1620. The number of aliphatic hydroxyl groups excluding tert-OH is 1. The number of nitrogens with one attached hydrogen (secondary N) is 1. The lowest BCUT2D eigenvalue weighted by Gasteiger charge is -2.30. The normalized spacial score (nSPS) is 22.2. The van der Waals surface area contributed by atoms with E-state index in [1.165, 1.54) is 13.0 Å². The van der Waals surface area contributed by atoms with Gasteiger partial charge in [-0.05, 0) is 60.7 Å². The van der Waals surface area contributed by atoms with Crippen LogP contribution in [-0.4, -0.2) is 45.4 Å². The zero-order valence-corrected chi connectivity index (χ0v) is 21.6. The molecule has 3 N–H and O–H groups in total. The van der Waals surface area contributed by atoms with Gasteiger partial charge in [0.15, 0.2) is 0 Å². The highest BCUT2D eigenvalue weighted by molar-refractivity contribution is 7.09. The number of hydrogen-bond acceptors (Lipinski definition) is 7. The lowest BCUT2D eigenvalue weighted by Crippen LogP contribution is -2.61. The highest BCUT2D eigenvalue weighted by Crippen LogP contribution is 2.44. The van der Waals surface area contributed by atoms with Gasteiger partial charge >= 0.3 is 13.9 Å². The third-order valence-corrected chi connectivity index (χ3v) is 11.3. The first-order chi connectivity index (χ1) is 17.6. The van der Waals surface area contributed by atoms with Crippen molar-refractivity contribution in [3.05, 3.63) is 56.1 Å². The van der Waals surface area contributed by atoms with Crippen LogP contribution in [0.5, 0.6) is 0 Å². The van der Waals surface area contributed by atoms with Crippen LogP contribution in [0.4, 0.5) is 9.18 Å². The van der Waals surface area contributed by atoms with Crippen LogP contribution in [0.1, 0.15) is 54.1 Å². The standard InChI is InChI=1S/C26H26FN3O6Si/c1-4-37(35)20-8-19-23-14(9-30(19)25(33)15(20)10-36-26(37)34)22-17(29-24(32)12(3)31)6-5-13-11(2)16(27)7-18(28-23)21(13)22/h7-8,12,17,31,35H,4-6,9-10H2,1-3H3,(H,29,32)/t12-,17+,37+/m1/s1. The smallest absolute Gasteiger partial charge is 0.347 e. The molecule has 37 heavy (non-hydrogen) atoms. The van der Waals surface area contributed by atoms with Gasteiger partial charge in [-0.15, -0.1) is 0 Å². The van der Waals surface area contributed by atoms with Crippen molar-refractivity contribution in [3.8, 4) is 11.4 Å². The van der Waals surface area contributed by atoms with Gasteiger partial charge in [0, 0.05) is 17.0 Å². The van der Waals surface area contributed by atoms with Crippen LogP contribution >= 0.6 is 0 Å². The Morgan fingerprint density at radius 2 is 2.08 bits per heavy atom. The quantitative estimate of drug-likeness (QED) is 0.349. The number of halogens is 1. The zero-order valence-electron chi connectivity index (χ0n) is 20.6. The monoisotopic (exact) mass is 523 g/mol. The third kappa shape index (κ3) is 3.20. The van der Waals surface area contributed by atoms with Crippen LogP contribution in [0.15, 0.2) is 16.9 Å². The number of aromatic nitrogens is 2. The fourth-order valence-corrected chi connectivity index (χ4v) is 8.25. The molecule has 1 aliphatic carbocycles. The second-order valence-corrected chi connectivity index (χ2v) is 13.5. The molecule has 3 atom stereocenters. The average molecular weight is 524 g/mol. The predicted molar refractivity (Wildman–Crippen MR) is 134 cm³/mol. The number of cyclic esters (lactones) is 1. The van der Waals surface area contributed by atoms with Crippen molar-refractivity contribution >= 4 is 35.9 Å². The van der Waals surface area contributed by atoms with E-state index in [2.05, 4.69) is 5.32 Å². The number of aliphatic hydroxyl groups is 1. The van der Waals surface area contributed by atoms with E-state index in [-0.39, 0.29) is 36.1 Å². The number of rotatable bonds is 3. The molecule has 11 heteroatoms. The van der Waals surface area contributed by atoms with Gasteiger partial charge in [0.1, 0.15) is 18.5 Å². The summed E-state index contributed by atoms with van der Waals surface area (Å²) in [7, 11) is -3.71. The van der Waals surface area contributed by atoms with Gasteiger partial charge in [0.25, 0.3) is 5.56 Å². The number of pyridine rings is 2. The first-order valence-electron chi connectivity index (χ1n) is 12.4. The van der Waals surface area contributed by atoms with Gasteiger partial charge in [-0.3, -0.25) is 14.4 Å². The van der Waals surface area contributed by atoms with E-state index in [0.717, 1.165) is 22.1 Å². The van der Waals surface area contributed by atoms with E-state index < -0.39 is 32.0 Å². The molecule has 1 aromatic carbocycles. The lowest BCUT2D eigenvalue weighted by atomic mass is 9.81. The summed E-state index contributed by atoms with van der Waals surface area (Å²) in [5.74, 6) is -0.910. The molecule has 9 nitrogen and oxygen atoms in total. The molecular formula is C26H26FN3O6Si. The Labute approximate surface area is 212 Å². The minimum Gasteiger partial charge on any atom is -0.463 e. The van der Waals surface area contributed by atoms with E-state index in [9.17, 15) is 28.7 Å². The Hall–Kier alpha value is -3.41. The first-order valence-corrected chi connectivity index (χ1v) is 14.5. The number of fused-ring (bicyclic) bond motifs is 5. The Kier molecular flexibility index (Phi) is 5.21. The molecule has 0 saturated heterocycles. The van der Waals surface area contributed by atoms with Crippen LogP contribution in [0.25, 0.3) is 22.3 Å². The summed E-state index contributed by atoms with van der Waals surface area (Å²) in [6.07, 6.45) is -0.190. The number of aryl methyl sites for hydroxylation is 1. The van der Waals surface area contributed by atoms with Gasteiger partial charge in [0.2, 0.25) is 5.91 Å². The lowest BCUT2D eigenvalue weighted by molar-refractivity contribution is -0.129. The second kappa shape index (κ2) is 8.04. The van der Waals surface area contributed by atoms with Crippen molar-refractivity contribution in [1.82, 2.24) is 14.9 Å². The SMILES string of the molecule is CC[Si@@]1(O)C(=O)OCc2c1cc1n(c2=O)Cc2c-1nc1cc(F)c(C)c3c1c2[C@@H](NC(=O)[C@@H](C)O)CC3. The van der Waals surface area contributed by atoms with Crippen molar-refractivity contribution in [1.29, 1.82) is 0 Å². The van der Waals surface area contributed by atoms with E-state index in [1.807, 2.05) is 0 Å². The molecule has 0 spiro atoms. The highest BCUT2D eigenvalue weighted by atomic mass is 28.4. The molecule has 0 fully saturated rings. The van der Waals surface area contributed by atoms with Crippen LogP contribution < -0.4 is 16.1 Å². The van der Waals surface area contributed by atoms with E-state index in [4.69, 9.17) is 9.72 Å². The van der Waals surface area contributed by atoms with Crippen molar-refractivity contribution in [2.45, 2.75) is 65.0 Å². The van der Waals surface area contributed by atoms with Gasteiger partial charge in [0.05, 0.1) is 35.1 Å². The summed E-state index contributed by atoms with van der Waals surface area (Å²) in [4.78, 5) is 54.7. The maximum Gasteiger partial charge on any atom is 0.347 e. The molecule has 6 rings (SSSR count). The summed E-state index contributed by atoms with van der Waals surface area (Å²) < 4.78 is 21.7. The molecule has 3 aromatic rings. The predicted octanol–water partition coefficient (Wildman–Crippen LogP) is 1.75. The largest absolute Gasteiger partial charge is 0.463 e. The highest BCUT2D eigenvalue weighted by Gasteiger charge is 2.49. The van der Waals surface area contributed by atoms with E-state index in [1.54, 1.807) is 24.5 Å². The number of hydrogen-bond donors (Lipinski definition) is 3. The number of carbonyl (C=O) groups is 2. The van der Waals surface area contributed by atoms with Crippen molar-refractivity contribution < 1.29 is 28.6 Å².